The molecule has 0 unspecified atom stereocenters. The molecule has 5 nitrogen and oxygen atoms in total. The van der Waals surface area contributed by atoms with Gasteiger partial charge in [-0.05, 0) is 244 Å². The third kappa shape index (κ3) is 12.7. The molecule has 0 aliphatic heterocycles. The zero-order valence-electron chi connectivity index (χ0n) is 78.9. The number of aromatic nitrogens is 3. The molecule has 3 aliphatic carbocycles. The highest BCUT2D eigenvalue weighted by Gasteiger charge is 2.40. The van der Waals surface area contributed by atoms with E-state index in [-0.39, 0.29) is 16.2 Å². The second kappa shape index (κ2) is 31.4. The Morgan fingerprint density at radius 1 is 0.177 bits per heavy atom. The van der Waals surface area contributed by atoms with Crippen LogP contribution in [0.2, 0.25) is 0 Å². The molecule has 30 rings (SSSR count). The number of hydrogen-bond donors (Lipinski definition) is 0. The predicted molar refractivity (Wildman–Crippen MR) is 595 cm³/mol. The molecule has 0 saturated heterocycles. The van der Waals surface area contributed by atoms with Crippen molar-refractivity contribution in [3.63, 3.8) is 0 Å². The summed E-state index contributed by atoms with van der Waals surface area (Å²) in [4.78, 5) is 0. The summed E-state index contributed by atoms with van der Waals surface area (Å²) < 4.78 is 22.8. The largest absolute Gasteiger partial charge is 0.455 e. The smallest absolute Gasteiger partial charge is 0.143 e. The fraction of sp³-hybridized carbons (Fsp3) is 0.0667. The lowest BCUT2D eigenvalue weighted by molar-refractivity contribution is 0.661. The minimum Gasteiger partial charge on any atom is -0.455 e. The van der Waals surface area contributed by atoms with Crippen LogP contribution in [0.3, 0.4) is 0 Å². The minimum atomic E-state index is -0.0631. The van der Waals surface area contributed by atoms with Crippen LogP contribution in [0.1, 0.15) is 74.9 Å². The van der Waals surface area contributed by atoms with E-state index < -0.39 is 0 Å². The van der Waals surface area contributed by atoms with E-state index in [9.17, 15) is 0 Å². The molecule has 666 valence electrons. The minimum absolute atomic E-state index is 0.0504. The first-order valence-electron chi connectivity index (χ1n) is 49.1. The molecule has 3 aliphatic rings. The van der Waals surface area contributed by atoms with Crippen LogP contribution in [-0.2, 0) is 16.2 Å². The van der Waals surface area contributed by atoms with Crippen molar-refractivity contribution in [2.24, 2.45) is 0 Å². The van der Waals surface area contributed by atoms with Crippen LogP contribution >= 0.6 is 11.3 Å². The van der Waals surface area contributed by atoms with Crippen molar-refractivity contribution < 1.29 is 8.83 Å². The summed E-state index contributed by atoms with van der Waals surface area (Å²) in [6, 6.07) is 166. The first-order chi connectivity index (χ1) is 69.2. The van der Waals surface area contributed by atoms with Gasteiger partial charge in [0.15, 0.2) is 0 Å². The van der Waals surface area contributed by atoms with Crippen molar-refractivity contribution in [2.45, 2.75) is 57.8 Å². The van der Waals surface area contributed by atoms with Crippen molar-refractivity contribution in [1.82, 2.24) is 13.7 Å². The lowest BCUT2D eigenvalue weighted by atomic mass is 9.82. The molecule has 21 aromatic carbocycles. The van der Waals surface area contributed by atoms with Gasteiger partial charge in [-0.25, -0.2) is 0 Å². The van der Waals surface area contributed by atoms with E-state index in [0.717, 1.165) is 77.5 Å². The monoisotopic (exact) mass is 1820 g/mol. The fourth-order valence-electron chi connectivity index (χ4n) is 24.3. The molecule has 141 heavy (non-hydrogen) atoms. The highest BCUT2D eigenvalue weighted by Crippen LogP contribution is 2.56. The van der Waals surface area contributed by atoms with Gasteiger partial charge < -0.3 is 22.5 Å². The molecule has 0 radical (unpaired) electrons. The summed E-state index contributed by atoms with van der Waals surface area (Å²) in [5, 5.41) is 15.0. The zero-order valence-corrected chi connectivity index (χ0v) is 79.7. The van der Waals surface area contributed by atoms with Crippen LogP contribution in [-0.4, -0.2) is 13.7 Å². The van der Waals surface area contributed by atoms with Crippen molar-refractivity contribution in [3.8, 4) is 117 Å². The van der Waals surface area contributed by atoms with E-state index in [4.69, 9.17) is 8.83 Å². The Bertz CT molecular complexity index is 9920. The van der Waals surface area contributed by atoms with Gasteiger partial charge in [0.25, 0.3) is 0 Å². The van der Waals surface area contributed by atoms with E-state index in [1.807, 2.05) is 35.6 Å². The summed E-state index contributed by atoms with van der Waals surface area (Å²) in [6.45, 7) is 14.2. The summed E-state index contributed by atoms with van der Waals surface area (Å²) in [5.74, 6) is 0. The van der Waals surface area contributed by atoms with Gasteiger partial charge in [-0.1, -0.05) is 375 Å². The molecule has 0 saturated carbocycles. The van der Waals surface area contributed by atoms with Gasteiger partial charge >= 0.3 is 0 Å². The van der Waals surface area contributed by atoms with Crippen LogP contribution in [0.15, 0.2) is 464 Å². The van der Waals surface area contributed by atoms with E-state index in [1.165, 1.54) is 203 Å². The number of fused-ring (bicyclic) bond motifs is 27. The quantitative estimate of drug-likeness (QED) is 0.145. The van der Waals surface area contributed by atoms with Crippen LogP contribution < -0.4 is 0 Å². The van der Waals surface area contributed by atoms with Gasteiger partial charge in [-0.3, -0.25) is 0 Å². The summed E-state index contributed by atoms with van der Waals surface area (Å²) in [7, 11) is 0. The third-order valence-corrected chi connectivity index (χ3v) is 32.4. The van der Waals surface area contributed by atoms with E-state index in [2.05, 4.69) is 486 Å². The second-order valence-electron chi connectivity index (χ2n) is 40.0. The molecule has 6 heteroatoms. The molecule has 0 amide bonds. The molecular weight excluding hydrogens is 1730 g/mol. The van der Waals surface area contributed by atoms with Crippen LogP contribution in [0.25, 0.3) is 247 Å². The highest BCUT2D eigenvalue weighted by atomic mass is 32.1. The number of thiophene rings is 1. The van der Waals surface area contributed by atoms with Gasteiger partial charge in [0, 0.05) is 118 Å². The molecule has 0 atom stereocenters. The normalized spacial score (nSPS) is 13.5. The number of furan rings is 2. The van der Waals surface area contributed by atoms with E-state index in [0.29, 0.717) is 0 Å². The summed E-state index contributed by atoms with van der Waals surface area (Å²) in [5.41, 5.74) is 45.2. The van der Waals surface area contributed by atoms with Gasteiger partial charge in [0.05, 0.1) is 33.1 Å². The topological polar surface area (TPSA) is 41.1 Å². The molecule has 0 bridgehead atoms. The lowest BCUT2D eigenvalue weighted by Gasteiger charge is -2.21. The van der Waals surface area contributed by atoms with E-state index in [1.54, 1.807) is 0 Å². The SMILES string of the molecule is CC1(C)c2ccccc2-c2cc3c4ccccc4n(-c4ccc(-c5cccc(-c6cccc7c6oc6ccccc67)c5)cc4)c3cc21.CC1(C)c2ccccc2-c2cc3c4ccccc4n(-c4cccc(-c5ccc(-c6cccc7c6sc6ccccc67)cc5)c4)c3cc21.CC1(C)c2ccccc2-c2cc3c4ccccc4n(-c4cccc(-c5cccc(-c6cccc7c6oc6ccccc67)c5)c4)c3cc21. The maximum Gasteiger partial charge on any atom is 0.143 e. The Hall–Kier alpha value is -17.2. The average molecular weight is 1820 g/mol. The molecule has 0 N–H and O–H groups in total. The van der Waals surface area contributed by atoms with Crippen molar-refractivity contribution in [2.75, 3.05) is 0 Å². The van der Waals surface area contributed by atoms with Gasteiger partial charge in [-0.15, -0.1) is 11.3 Å². The second-order valence-corrected chi connectivity index (χ2v) is 41.1. The van der Waals surface area contributed by atoms with Crippen molar-refractivity contribution in [1.29, 1.82) is 0 Å². The molecule has 0 spiro atoms. The first-order valence-corrected chi connectivity index (χ1v) is 49.9. The zero-order chi connectivity index (χ0) is 93.8. The molecule has 0 fully saturated rings. The van der Waals surface area contributed by atoms with Crippen molar-refractivity contribution in [3.05, 3.63) is 488 Å². The number of para-hydroxylation sites is 7. The molecule has 6 heterocycles. The van der Waals surface area contributed by atoms with Crippen molar-refractivity contribution >= 4 is 141 Å². The maximum absolute atomic E-state index is 6.40. The maximum atomic E-state index is 6.40. The Morgan fingerprint density at radius 2 is 0.489 bits per heavy atom. The summed E-state index contributed by atoms with van der Waals surface area (Å²) >= 11 is 1.89. The summed E-state index contributed by atoms with van der Waals surface area (Å²) in [6.07, 6.45) is 0. The Kier molecular flexibility index (Phi) is 18.3. The standard InChI is InChI=1S/2C45H31NO.C45H31NS/c1-45(2)39-21-6-3-16-33(39)37-26-38-34-17-4-7-22-41(34)46(42(38)27-40(37)45)31-15-10-13-29(25-31)28-12-9-14-30(24-28)32-19-11-20-36-35-18-5-8-23-43(35)47-44(32)36;1-45(2)39-18-6-3-13-33(39)37-26-38-34-14-4-7-19-41(34)46(42(38)27-40(37)45)31-23-21-28(22-24-31)29-11-9-12-30(25-29)32-16-10-17-36-35-15-5-8-20-43(35)47-44(32)36;1-45(2)39-18-6-3-13-33(39)37-26-38-34-14-4-7-19-41(34)46(42(38)27-40(37)45)31-12-9-11-30(25-31)28-21-23-29(24-22-28)32-16-10-17-36-35-15-5-8-20-43(35)47-44(32)36/h3*3-27H,1-2H3. The fourth-order valence-corrected chi connectivity index (χ4v) is 25.5. The molecular formula is C135H93N3O2S. The third-order valence-electron chi connectivity index (χ3n) is 31.2. The van der Waals surface area contributed by atoms with Crippen LogP contribution in [0.5, 0.6) is 0 Å². The predicted octanol–water partition coefficient (Wildman–Crippen LogP) is 37.4. The lowest BCUT2D eigenvalue weighted by Crippen LogP contribution is -2.14. The first kappa shape index (κ1) is 82.1. The number of hydrogen-bond acceptors (Lipinski definition) is 3. The number of benzene rings is 21. The number of rotatable bonds is 9. The van der Waals surface area contributed by atoms with Crippen LogP contribution in [0, 0.1) is 0 Å². The Balaban J connectivity index is 0.000000104. The van der Waals surface area contributed by atoms with Gasteiger partial charge in [-0.2, -0.15) is 0 Å². The molecule has 6 aromatic heterocycles. The van der Waals surface area contributed by atoms with E-state index >= 15 is 0 Å². The van der Waals surface area contributed by atoms with Gasteiger partial charge in [0.2, 0.25) is 0 Å². The Morgan fingerprint density at radius 3 is 0.943 bits per heavy atom. The molecule has 27 aromatic rings. The number of nitrogens with zero attached hydrogens (tertiary/aromatic N) is 3. The van der Waals surface area contributed by atoms with Crippen LogP contribution in [0.4, 0.5) is 0 Å². The Labute approximate surface area is 820 Å². The highest BCUT2D eigenvalue weighted by molar-refractivity contribution is 7.26. The average Bonchev–Trinajstić information content (AvgIpc) is 1.55. The van der Waals surface area contributed by atoms with Gasteiger partial charge in [0.1, 0.15) is 22.3 Å².